The van der Waals surface area contributed by atoms with Crippen molar-refractivity contribution in [2.75, 3.05) is 11.9 Å². The van der Waals surface area contributed by atoms with Crippen LogP contribution in [0.4, 0.5) is 5.69 Å². The van der Waals surface area contributed by atoms with E-state index < -0.39 is 0 Å². The Morgan fingerprint density at radius 1 is 1.21 bits per heavy atom. The molecule has 0 bridgehead atoms. The Kier molecular flexibility index (Phi) is 3.92. The van der Waals surface area contributed by atoms with Crippen LogP contribution in [0.3, 0.4) is 0 Å². The maximum Gasteiger partial charge on any atom is 0.322 e. The van der Waals surface area contributed by atoms with Gasteiger partial charge in [-0.05, 0) is 35.0 Å². The largest absolute Gasteiger partial charge is 0.482 e. The van der Waals surface area contributed by atoms with Crippen molar-refractivity contribution in [3.63, 3.8) is 0 Å². The molecule has 0 saturated carbocycles. The molecule has 2 N–H and O–H groups in total. The summed E-state index contributed by atoms with van der Waals surface area (Å²) in [6.07, 6.45) is 3.82. The third kappa shape index (κ3) is 2.84. The second kappa shape index (κ2) is 6.59. The van der Waals surface area contributed by atoms with Crippen LogP contribution in [0.2, 0.25) is 0 Å². The molecule has 1 aromatic heterocycles. The molecule has 136 valence electrons. The van der Waals surface area contributed by atoms with Gasteiger partial charge in [0.15, 0.2) is 12.8 Å². The highest BCUT2D eigenvalue weighted by atomic mass is 32.2. The Morgan fingerprint density at radius 3 is 2.89 bits per heavy atom. The van der Waals surface area contributed by atoms with Gasteiger partial charge < -0.3 is 10.1 Å². The Labute approximate surface area is 165 Å². The predicted molar refractivity (Wildman–Crippen MR) is 105 cm³/mol. The molecule has 2 aromatic carbocycles. The van der Waals surface area contributed by atoms with Gasteiger partial charge in [-0.3, -0.25) is 4.79 Å². The number of rotatable bonds is 2. The lowest BCUT2D eigenvalue weighted by Crippen LogP contribution is -2.30. The molecule has 6 nitrogen and oxygen atoms in total. The van der Waals surface area contributed by atoms with Crippen LogP contribution in [0, 0.1) is 11.3 Å². The number of imidazole rings is 1. The number of benzene rings is 2. The molecule has 0 aliphatic carbocycles. The number of carbonyl (C=O) groups excluding carboxylic acids is 1. The molecule has 3 heterocycles. The maximum absolute atomic E-state index is 11.7. The minimum absolute atomic E-state index is 0.0387. The molecule has 7 heteroatoms. The minimum atomic E-state index is -0.155. The molecule has 1 amide bonds. The lowest BCUT2D eigenvalue weighted by Gasteiger charge is -2.24. The molecule has 3 aromatic rings. The minimum Gasteiger partial charge on any atom is -0.482 e. The first-order chi connectivity index (χ1) is 13.7. The molecule has 0 radical (unpaired) electrons. The fraction of sp³-hybridized carbons (Fsp3) is 0.0952. The van der Waals surface area contributed by atoms with Gasteiger partial charge in [0.1, 0.15) is 18.0 Å². The number of nitriles is 1. The number of hydrogen-bond donors (Lipinski definition) is 2. The van der Waals surface area contributed by atoms with Gasteiger partial charge in [-0.1, -0.05) is 36.4 Å². The molecule has 2 aliphatic rings. The molecular formula is C21H15N4O2S+. The van der Waals surface area contributed by atoms with E-state index in [4.69, 9.17) is 4.74 Å². The zero-order chi connectivity index (χ0) is 19.1. The number of nitrogens with one attached hydrogen (secondary N) is 2. The van der Waals surface area contributed by atoms with E-state index in [9.17, 15) is 10.1 Å². The van der Waals surface area contributed by atoms with E-state index in [1.165, 1.54) is 0 Å². The Balaban J connectivity index is 1.64. The average molecular weight is 387 g/mol. The number of amides is 1. The van der Waals surface area contributed by atoms with Crippen molar-refractivity contribution in [2.45, 2.75) is 10.4 Å². The van der Waals surface area contributed by atoms with Crippen molar-refractivity contribution < 1.29 is 14.1 Å². The molecule has 1 atom stereocenters. The summed E-state index contributed by atoms with van der Waals surface area (Å²) in [6, 6.07) is 18.2. The number of aromatic amines is 1. The number of H-pyrrole nitrogens is 1. The Morgan fingerprint density at radius 2 is 2.07 bits per heavy atom. The number of thioether (sulfide) groups is 1. The summed E-state index contributed by atoms with van der Waals surface area (Å²) < 4.78 is 7.42. The molecule has 0 fully saturated rings. The van der Waals surface area contributed by atoms with Crippen LogP contribution in [0.15, 0.2) is 59.9 Å². The quantitative estimate of drug-likeness (QED) is 0.661. The standard InChI is InChI=1S/C21H14N4O2S/c22-9-15-10-25-11-16(14-6-7-18-17(8-14)24-19(26)12-27-18)20(28-21(25)23-15)13-4-2-1-3-5-13/h1-8,10-11,20H,12H2,(H,24,26)/p+1. The SMILES string of the molecule is N#Cc1c[n+]2c([nH]1)SC(c1ccccc1)C(c1ccc3c(c1)NC(=O)CO3)=C2. The summed E-state index contributed by atoms with van der Waals surface area (Å²) in [4.78, 5) is 14.9. The van der Waals surface area contributed by atoms with E-state index in [2.05, 4.69) is 28.5 Å². The van der Waals surface area contributed by atoms with E-state index in [1.807, 2.05) is 47.2 Å². The van der Waals surface area contributed by atoms with Gasteiger partial charge in [0, 0.05) is 5.57 Å². The van der Waals surface area contributed by atoms with E-state index in [1.54, 1.807) is 18.0 Å². The Hall–Kier alpha value is -3.50. The van der Waals surface area contributed by atoms with E-state index in [0.29, 0.717) is 17.1 Å². The van der Waals surface area contributed by atoms with E-state index >= 15 is 0 Å². The van der Waals surface area contributed by atoms with Crippen molar-refractivity contribution in [3.8, 4) is 11.8 Å². The normalized spacial score (nSPS) is 17.5. The first-order valence-electron chi connectivity index (χ1n) is 8.76. The van der Waals surface area contributed by atoms with Crippen molar-refractivity contribution in [1.82, 2.24) is 4.98 Å². The number of ether oxygens (including phenoxy) is 1. The first kappa shape index (κ1) is 16.7. The molecular weight excluding hydrogens is 372 g/mol. The summed E-state index contributed by atoms with van der Waals surface area (Å²) in [5, 5.41) is 13.1. The fourth-order valence-electron chi connectivity index (χ4n) is 3.41. The third-order valence-corrected chi connectivity index (χ3v) is 6.00. The summed E-state index contributed by atoms with van der Waals surface area (Å²) in [5.41, 5.74) is 4.42. The van der Waals surface area contributed by atoms with Gasteiger partial charge in [0.05, 0.1) is 10.9 Å². The van der Waals surface area contributed by atoms with Crippen molar-refractivity contribution >= 4 is 35.1 Å². The van der Waals surface area contributed by atoms with Crippen LogP contribution < -0.4 is 14.6 Å². The molecule has 5 rings (SSSR count). The first-order valence-corrected chi connectivity index (χ1v) is 9.64. The fourth-order valence-corrected chi connectivity index (χ4v) is 4.65. The van der Waals surface area contributed by atoms with Gasteiger partial charge in [-0.15, -0.1) is 0 Å². The van der Waals surface area contributed by atoms with E-state index in [0.717, 1.165) is 21.9 Å². The smallest absolute Gasteiger partial charge is 0.322 e. The van der Waals surface area contributed by atoms with Gasteiger partial charge >= 0.3 is 5.16 Å². The number of hydrogen-bond acceptors (Lipinski definition) is 4. The van der Waals surface area contributed by atoms with Crippen LogP contribution in [0.5, 0.6) is 5.75 Å². The van der Waals surface area contributed by atoms with Crippen LogP contribution in [-0.2, 0) is 4.79 Å². The lowest BCUT2D eigenvalue weighted by atomic mass is 9.97. The number of anilines is 1. The second-order valence-corrected chi connectivity index (χ2v) is 7.63. The molecule has 0 spiro atoms. The highest BCUT2D eigenvalue weighted by Gasteiger charge is 2.32. The zero-order valence-electron chi connectivity index (χ0n) is 14.7. The van der Waals surface area contributed by atoms with Crippen LogP contribution in [0.1, 0.15) is 22.1 Å². The topological polar surface area (TPSA) is 81.8 Å². The zero-order valence-corrected chi connectivity index (χ0v) is 15.5. The Bertz CT molecular complexity index is 1160. The van der Waals surface area contributed by atoms with Gasteiger partial charge in [-0.25, -0.2) is 4.98 Å². The third-order valence-electron chi connectivity index (χ3n) is 4.70. The maximum atomic E-state index is 11.7. The van der Waals surface area contributed by atoms with Crippen LogP contribution >= 0.6 is 11.8 Å². The number of nitrogens with zero attached hydrogens (tertiary/aromatic N) is 2. The summed E-state index contributed by atoms with van der Waals surface area (Å²) in [6.45, 7) is 0.0387. The predicted octanol–water partition coefficient (Wildman–Crippen LogP) is 3.35. The highest BCUT2D eigenvalue weighted by molar-refractivity contribution is 7.99. The molecule has 1 unspecified atom stereocenters. The number of fused-ring (bicyclic) bond motifs is 2. The van der Waals surface area contributed by atoms with Crippen molar-refractivity contribution in [2.24, 2.45) is 0 Å². The summed E-state index contributed by atoms with van der Waals surface area (Å²) in [7, 11) is 0. The van der Waals surface area contributed by atoms with Gasteiger partial charge in [-0.2, -0.15) is 9.83 Å². The number of carbonyl (C=O) groups is 1. The average Bonchev–Trinajstić information content (AvgIpc) is 3.15. The van der Waals surface area contributed by atoms with Crippen molar-refractivity contribution in [1.29, 1.82) is 5.26 Å². The van der Waals surface area contributed by atoms with E-state index in [-0.39, 0.29) is 17.8 Å². The van der Waals surface area contributed by atoms with Crippen molar-refractivity contribution in [3.05, 3.63) is 71.5 Å². The number of aromatic nitrogens is 2. The van der Waals surface area contributed by atoms with Gasteiger partial charge in [0.2, 0.25) is 5.69 Å². The molecule has 0 saturated heterocycles. The van der Waals surface area contributed by atoms with Crippen LogP contribution in [0.25, 0.3) is 11.8 Å². The van der Waals surface area contributed by atoms with Crippen LogP contribution in [-0.4, -0.2) is 17.5 Å². The highest BCUT2D eigenvalue weighted by Crippen LogP contribution is 2.46. The monoisotopic (exact) mass is 387 g/mol. The molecule has 2 aliphatic heterocycles. The summed E-state index contributed by atoms with van der Waals surface area (Å²) >= 11 is 1.66. The summed E-state index contributed by atoms with van der Waals surface area (Å²) in [5.74, 6) is 0.516. The lowest BCUT2D eigenvalue weighted by molar-refractivity contribution is -0.609. The second-order valence-electron chi connectivity index (χ2n) is 6.53. The molecule has 28 heavy (non-hydrogen) atoms. The van der Waals surface area contributed by atoms with Gasteiger partial charge in [0.25, 0.3) is 5.91 Å².